The van der Waals surface area contributed by atoms with Gasteiger partial charge in [0, 0.05) is 32.4 Å². The number of carbonyl (C=O) groups excluding carboxylic acids is 1. The van der Waals surface area contributed by atoms with Crippen LogP contribution < -0.4 is 0 Å². The van der Waals surface area contributed by atoms with Gasteiger partial charge in [-0.2, -0.15) is 0 Å². The van der Waals surface area contributed by atoms with Crippen LogP contribution in [0.5, 0.6) is 0 Å². The van der Waals surface area contributed by atoms with Crippen LogP contribution in [0.4, 0.5) is 4.39 Å². The summed E-state index contributed by atoms with van der Waals surface area (Å²) < 4.78 is 14.0. The molecule has 1 amide bonds. The molecule has 8 heteroatoms. The van der Waals surface area contributed by atoms with Gasteiger partial charge in [0.2, 0.25) is 0 Å². The smallest absolute Gasteiger partial charge is 0.273 e. The molecule has 0 aliphatic heterocycles. The van der Waals surface area contributed by atoms with Gasteiger partial charge in [-0.25, -0.2) is 19.3 Å². The lowest BCUT2D eigenvalue weighted by molar-refractivity contribution is 0.0789. The number of benzene rings is 1. The van der Waals surface area contributed by atoms with Gasteiger partial charge in [-0.3, -0.25) is 4.79 Å². The van der Waals surface area contributed by atoms with E-state index in [0.717, 1.165) is 32.2 Å². The molecule has 0 spiro atoms. The SMILES string of the molecule is Cc1nc(C(=O)N(C)CCCc2ncc(Br)cn2)c(-c2ccc(F)cc2)s1. The molecule has 0 N–H and O–H groups in total. The molecule has 0 saturated heterocycles. The Morgan fingerprint density at radius 1 is 1.22 bits per heavy atom. The summed E-state index contributed by atoms with van der Waals surface area (Å²) in [5, 5.41) is 0.800. The van der Waals surface area contributed by atoms with Gasteiger partial charge in [0.1, 0.15) is 17.3 Å². The van der Waals surface area contributed by atoms with E-state index < -0.39 is 0 Å². The number of carbonyl (C=O) groups is 1. The Labute approximate surface area is 169 Å². The maximum absolute atomic E-state index is 13.2. The average molecular weight is 449 g/mol. The molecule has 2 aromatic heterocycles. The third kappa shape index (κ3) is 4.95. The average Bonchev–Trinajstić information content (AvgIpc) is 3.05. The zero-order valence-electron chi connectivity index (χ0n) is 14.9. The van der Waals surface area contributed by atoms with E-state index in [1.807, 2.05) is 6.92 Å². The number of hydrogen-bond donors (Lipinski definition) is 0. The highest BCUT2D eigenvalue weighted by Crippen LogP contribution is 2.31. The Kier molecular flexibility index (Phi) is 6.28. The van der Waals surface area contributed by atoms with Crippen molar-refractivity contribution < 1.29 is 9.18 Å². The summed E-state index contributed by atoms with van der Waals surface area (Å²) >= 11 is 4.74. The summed E-state index contributed by atoms with van der Waals surface area (Å²) in [5.74, 6) is 0.297. The van der Waals surface area contributed by atoms with E-state index in [9.17, 15) is 9.18 Å². The Morgan fingerprint density at radius 3 is 2.56 bits per heavy atom. The summed E-state index contributed by atoms with van der Waals surface area (Å²) in [6.07, 6.45) is 4.86. The molecule has 0 fully saturated rings. The van der Waals surface area contributed by atoms with Gasteiger partial charge in [-0.1, -0.05) is 12.1 Å². The number of halogens is 2. The van der Waals surface area contributed by atoms with E-state index >= 15 is 0 Å². The van der Waals surface area contributed by atoms with E-state index in [1.165, 1.54) is 23.5 Å². The fraction of sp³-hybridized carbons (Fsp3) is 0.263. The van der Waals surface area contributed by atoms with Gasteiger partial charge in [0.25, 0.3) is 5.91 Å². The van der Waals surface area contributed by atoms with E-state index in [2.05, 4.69) is 30.9 Å². The first-order valence-electron chi connectivity index (χ1n) is 8.39. The van der Waals surface area contributed by atoms with Gasteiger partial charge in [0.15, 0.2) is 0 Å². The monoisotopic (exact) mass is 448 g/mol. The van der Waals surface area contributed by atoms with Crippen LogP contribution >= 0.6 is 27.3 Å². The maximum atomic E-state index is 13.2. The predicted octanol–water partition coefficient (Wildman–Crippen LogP) is 4.51. The molecule has 0 bridgehead atoms. The third-order valence-electron chi connectivity index (χ3n) is 3.96. The molecule has 27 heavy (non-hydrogen) atoms. The van der Waals surface area contributed by atoms with E-state index in [-0.39, 0.29) is 11.7 Å². The van der Waals surface area contributed by atoms with Crippen LogP contribution in [0.1, 0.15) is 27.7 Å². The van der Waals surface area contributed by atoms with Gasteiger partial charge in [0.05, 0.1) is 14.4 Å². The lowest BCUT2D eigenvalue weighted by Gasteiger charge is -2.16. The summed E-state index contributed by atoms with van der Waals surface area (Å²) in [6.45, 7) is 2.43. The van der Waals surface area contributed by atoms with E-state index in [4.69, 9.17) is 0 Å². The van der Waals surface area contributed by atoms with Crippen LogP contribution in [0.15, 0.2) is 41.1 Å². The zero-order chi connectivity index (χ0) is 19.4. The summed E-state index contributed by atoms with van der Waals surface area (Å²) in [6, 6.07) is 6.12. The van der Waals surface area contributed by atoms with Crippen LogP contribution in [-0.2, 0) is 6.42 Å². The second kappa shape index (κ2) is 8.67. The molecule has 3 rings (SSSR count). The second-order valence-electron chi connectivity index (χ2n) is 6.07. The molecule has 0 unspecified atom stereocenters. The number of nitrogens with zero attached hydrogens (tertiary/aromatic N) is 4. The number of aromatic nitrogens is 3. The van der Waals surface area contributed by atoms with E-state index in [1.54, 1.807) is 36.5 Å². The Hall–Kier alpha value is -2.19. The topological polar surface area (TPSA) is 59.0 Å². The van der Waals surface area contributed by atoms with Crippen molar-refractivity contribution in [3.05, 3.63) is 63.5 Å². The molecule has 0 aliphatic carbocycles. The number of thiazole rings is 1. The number of rotatable bonds is 6. The minimum Gasteiger partial charge on any atom is -0.340 e. The van der Waals surface area contributed by atoms with Crippen molar-refractivity contribution in [3.8, 4) is 10.4 Å². The van der Waals surface area contributed by atoms with Crippen LogP contribution in [0.2, 0.25) is 0 Å². The van der Waals surface area contributed by atoms with Gasteiger partial charge >= 0.3 is 0 Å². The van der Waals surface area contributed by atoms with E-state index in [0.29, 0.717) is 18.7 Å². The largest absolute Gasteiger partial charge is 0.340 e. The summed E-state index contributed by atoms with van der Waals surface area (Å²) in [5.41, 5.74) is 1.20. The molecule has 1 aromatic carbocycles. The first-order chi connectivity index (χ1) is 12.9. The maximum Gasteiger partial charge on any atom is 0.273 e. The summed E-state index contributed by atoms with van der Waals surface area (Å²) in [7, 11) is 1.76. The van der Waals surface area contributed by atoms with Crippen molar-refractivity contribution in [1.29, 1.82) is 0 Å². The fourth-order valence-electron chi connectivity index (χ4n) is 2.59. The highest BCUT2D eigenvalue weighted by Gasteiger charge is 2.21. The van der Waals surface area contributed by atoms with Crippen molar-refractivity contribution >= 4 is 33.2 Å². The van der Waals surface area contributed by atoms with Crippen LogP contribution in [0, 0.1) is 12.7 Å². The number of aryl methyl sites for hydroxylation is 2. The lowest BCUT2D eigenvalue weighted by atomic mass is 10.1. The molecule has 5 nitrogen and oxygen atoms in total. The minimum absolute atomic E-state index is 0.143. The Bertz CT molecular complexity index is 928. The first-order valence-corrected chi connectivity index (χ1v) is 10.00. The van der Waals surface area contributed by atoms with Crippen molar-refractivity contribution in [3.63, 3.8) is 0 Å². The second-order valence-corrected chi connectivity index (χ2v) is 8.18. The molecule has 0 atom stereocenters. The minimum atomic E-state index is -0.305. The fourth-order valence-corrected chi connectivity index (χ4v) is 3.71. The molecular weight excluding hydrogens is 431 g/mol. The standard InChI is InChI=1S/C19H18BrFN4OS/c1-12-24-17(18(27-12)13-5-7-15(21)8-6-13)19(26)25(2)9-3-4-16-22-10-14(20)11-23-16/h5-8,10-11H,3-4,9H2,1-2H3. The molecule has 0 aliphatic rings. The van der Waals surface area contributed by atoms with Crippen LogP contribution in [0.3, 0.4) is 0 Å². The molecular formula is C19H18BrFN4OS. The number of hydrogen-bond acceptors (Lipinski definition) is 5. The molecule has 2 heterocycles. The van der Waals surface area contributed by atoms with Gasteiger partial charge in [-0.15, -0.1) is 11.3 Å². The predicted molar refractivity (Wildman–Crippen MR) is 107 cm³/mol. The normalized spacial score (nSPS) is 10.8. The number of amides is 1. The quantitative estimate of drug-likeness (QED) is 0.556. The van der Waals surface area contributed by atoms with Gasteiger partial charge in [-0.05, 0) is 47.0 Å². The van der Waals surface area contributed by atoms with Gasteiger partial charge < -0.3 is 4.90 Å². The highest BCUT2D eigenvalue weighted by atomic mass is 79.9. The van der Waals surface area contributed by atoms with Crippen molar-refractivity contribution in [2.75, 3.05) is 13.6 Å². The third-order valence-corrected chi connectivity index (χ3v) is 5.39. The first kappa shape index (κ1) is 19.6. The molecule has 0 radical (unpaired) electrons. The van der Waals surface area contributed by atoms with Crippen LogP contribution in [-0.4, -0.2) is 39.4 Å². The summed E-state index contributed by atoms with van der Waals surface area (Å²) in [4.78, 5) is 28.2. The lowest BCUT2D eigenvalue weighted by Crippen LogP contribution is -2.28. The van der Waals surface area contributed by atoms with Crippen molar-refractivity contribution in [2.45, 2.75) is 19.8 Å². The zero-order valence-corrected chi connectivity index (χ0v) is 17.3. The van der Waals surface area contributed by atoms with Crippen LogP contribution in [0.25, 0.3) is 10.4 Å². The molecule has 0 saturated carbocycles. The molecule has 140 valence electrons. The van der Waals surface area contributed by atoms with Crippen molar-refractivity contribution in [2.24, 2.45) is 0 Å². The highest BCUT2D eigenvalue weighted by molar-refractivity contribution is 9.10. The van der Waals surface area contributed by atoms with Crippen molar-refractivity contribution in [1.82, 2.24) is 19.9 Å². The Balaban J connectivity index is 1.68. The molecule has 3 aromatic rings. The Morgan fingerprint density at radius 2 is 1.89 bits per heavy atom.